The third-order valence-electron chi connectivity index (χ3n) is 1.80. The zero-order valence-corrected chi connectivity index (χ0v) is 7.73. The molecule has 1 aliphatic rings. The zero-order valence-electron chi connectivity index (χ0n) is 6.91. The Bertz CT molecular complexity index is 166. The van der Waals surface area contributed by atoms with Crippen LogP contribution in [0.4, 0.5) is 0 Å². The molecular formula is C8H12NO2S. The number of amides is 1. The fourth-order valence-electron chi connectivity index (χ4n) is 1.13. The number of carbonyl (C=O) groups excluding carboxylic acids is 2. The standard InChI is InChI=1S/C8H12NO2S/c10-5-1-2-8(11)9-3-6-12-7-4-9/h1-4,6-7H2. The van der Waals surface area contributed by atoms with Gasteiger partial charge in [0.2, 0.25) is 5.91 Å². The van der Waals surface area contributed by atoms with Crippen LogP contribution in [0.5, 0.6) is 0 Å². The summed E-state index contributed by atoms with van der Waals surface area (Å²) >= 11 is 1.87. The molecule has 0 aliphatic carbocycles. The van der Waals surface area contributed by atoms with Crippen LogP contribution in [0.3, 0.4) is 0 Å². The predicted octanol–water partition coefficient (Wildman–Crippen LogP) is 0.452. The van der Waals surface area contributed by atoms with E-state index in [9.17, 15) is 9.59 Å². The molecule has 1 saturated heterocycles. The molecule has 0 aromatic heterocycles. The van der Waals surface area contributed by atoms with Crippen molar-refractivity contribution in [2.75, 3.05) is 24.6 Å². The Morgan fingerprint density at radius 1 is 1.42 bits per heavy atom. The van der Waals surface area contributed by atoms with E-state index in [-0.39, 0.29) is 12.3 Å². The first-order chi connectivity index (χ1) is 5.84. The Labute approximate surface area is 76.5 Å². The average Bonchev–Trinajstić information content (AvgIpc) is 2.15. The van der Waals surface area contributed by atoms with Crippen LogP contribution >= 0.6 is 11.8 Å². The van der Waals surface area contributed by atoms with Crippen LogP contribution in [-0.2, 0) is 9.59 Å². The van der Waals surface area contributed by atoms with Crippen molar-refractivity contribution in [1.29, 1.82) is 0 Å². The van der Waals surface area contributed by atoms with Gasteiger partial charge in [-0.05, 0) is 0 Å². The predicted molar refractivity (Wildman–Crippen MR) is 48.8 cm³/mol. The van der Waals surface area contributed by atoms with E-state index in [0.29, 0.717) is 6.42 Å². The minimum atomic E-state index is 0.0960. The molecule has 12 heavy (non-hydrogen) atoms. The minimum absolute atomic E-state index is 0.0960. The van der Waals surface area contributed by atoms with E-state index in [1.54, 1.807) is 6.29 Å². The Morgan fingerprint density at radius 3 is 2.67 bits per heavy atom. The second-order valence-electron chi connectivity index (χ2n) is 2.64. The molecule has 1 radical (unpaired) electrons. The van der Waals surface area contributed by atoms with Crippen molar-refractivity contribution in [3.63, 3.8) is 0 Å². The van der Waals surface area contributed by atoms with Crippen LogP contribution in [0.25, 0.3) is 0 Å². The van der Waals surface area contributed by atoms with E-state index in [4.69, 9.17) is 0 Å². The molecule has 0 N–H and O–H groups in total. The lowest BCUT2D eigenvalue weighted by Gasteiger charge is -2.26. The summed E-state index contributed by atoms with van der Waals surface area (Å²) in [6.45, 7) is 1.67. The van der Waals surface area contributed by atoms with Gasteiger partial charge >= 0.3 is 0 Å². The van der Waals surface area contributed by atoms with E-state index < -0.39 is 0 Å². The van der Waals surface area contributed by atoms with Crippen LogP contribution in [-0.4, -0.2) is 41.7 Å². The molecule has 0 unspecified atom stereocenters. The Morgan fingerprint density at radius 2 is 2.08 bits per heavy atom. The Balaban J connectivity index is 2.24. The highest BCUT2D eigenvalue weighted by atomic mass is 32.2. The van der Waals surface area contributed by atoms with E-state index in [2.05, 4.69) is 0 Å². The molecule has 67 valence electrons. The number of hydrogen-bond donors (Lipinski definition) is 0. The second kappa shape index (κ2) is 5.19. The van der Waals surface area contributed by atoms with Gasteiger partial charge in [-0.25, -0.2) is 0 Å². The molecule has 0 saturated carbocycles. The van der Waals surface area contributed by atoms with Crippen molar-refractivity contribution in [2.24, 2.45) is 0 Å². The fraction of sp³-hybridized carbons (Fsp3) is 0.750. The summed E-state index contributed by atoms with van der Waals surface area (Å²) in [7, 11) is 0. The van der Waals surface area contributed by atoms with Crippen molar-refractivity contribution >= 4 is 24.0 Å². The largest absolute Gasteiger partial charge is 0.341 e. The van der Waals surface area contributed by atoms with Gasteiger partial charge in [-0.2, -0.15) is 11.8 Å². The first-order valence-electron chi connectivity index (χ1n) is 4.05. The molecular weight excluding hydrogens is 174 g/mol. The van der Waals surface area contributed by atoms with E-state index >= 15 is 0 Å². The fourth-order valence-corrected chi connectivity index (χ4v) is 2.03. The molecule has 0 spiro atoms. The molecule has 3 nitrogen and oxygen atoms in total. The zero-order chi connectivity index (χ0) is 8.81. The van der Waals surface area contributed by atoms with Crippen molar-refractivity contribution in [3.8, 4) is 0 Å². The van der Waals surface area contributed by atoms with Crippen molar-refractivity contribution in [2.45, 2.75) is 12.8 Å². The normalized spacial score (nSPS) is 17.5. The van der Waals surface area contributed by atoms with Gasteiger partial charge < -0.3 is 4.90 Å². The van der Waals surface area contributed by atoms with Crippen LogP contribution in [0.2, 0.25) is 0 Å². The molecule has 1 aliphatic heterocycles. The molecule has 0 atom stereocenters. The highest BCUT2D eigenvalue weighted by molar-refractivity contribution is 7.99. The van der Waals surface area contributed by atoms with Crippen LogP contribution in [0.15, 0.2) is 0 Å². The van der Waals surface area contributed by atoms with Gasteiger partial charge in [-0.15, -0.1) is 0 Å². The second-order valence-corrected chi connectivity index (χ2v) is 3.86. The molecule has 1 amide bonds. The van der Waals surface area contributed by atoms with Crippen molar-refractivity contribution in [1.82, 2.24) is 4.90 Å². The van der Waals surface area contributed by atoms with Crippen LogP contribution in [0, 0.1) is 0 Å². The number of thioether (sulfide) groups is 1. The SMILES string of the molecule is O=[C]CCC(=O)N1CCSCC1. The number of rotatable bonds is 3. The van der Waals surface area contributed by atoms with Gasteiger partial charge in [0, 0.05) is 37.4 Å². The van der Waals surface area contributed by atoms with E-state index in [1.165, 1.54) is 0 Å². The molecule has 1 rings (SSSR count). The molecule has 1 fully saturated rings. The first kappa shape index (κ1) is 9.58. The maximum atomic E-state index is 11.3. The third kappa shape index (κ3) is 2.85. The lowest BCUT2D eigenvalue weighted by molar-refractivity contribution is -0.130. The number of hydrogen-bond acceptors (Lipinski definition) is 3. The lowest BCUT2D eigenvalue weighted by atomic mass is 10.3. The smallest absolute Gasteiger partial charge is 0.223 e. The number of carbonyl (C=O) groups is 1. The summed E-state index contributed by atoms with van der Waals surface area (Å²) in [5, 5.41) is 0. The minimum Gasteiger partial charge on any atom is -0.341 e. The summed E-state index contributed by atoms with van der Waals surface area (Å²) in [6.07, 6.45) is 2.30. The van der Waals surface area contributed by atoms with Gasteiger partial charge in [0.25, 0.3) is 0 Å². The van der Waals surface area contributed by atoms with Gasteiger partial charge in [0.1, 0.15) is 0 Å². The average molecular weight is 186 g/mol. The number of nitrogens with zero attached hydrogens (tertiary/aromatic N) is 1. The van der Waals surface area contributed by atoms with Gasteiger partial charge in [0.05, 0.1) is 0 Å². The van der Waals surface area contributed by atoms with Gasteiger partial charge in [-0.1, -0.05) is 0 Å². The first-order valence-corrected chi connectivity index (χ1v) is 5.20. The lowest BCUT2D eigenvalue weighted by Crippen LogP contribution is -2.37. The van der Waals surface area contributed by atoms with Gasteiger partial charge in [0.15, 0.2) is 6.29 Å². The van der Waals surface area contributed by atoms with E-state index in [1.807, 2.05) is 16.7 Å². The quantitative estimate of drug-likeness (QED) is 0.642. The maximum absolute atomic E-state index is 11.3. The van der Waals surface area contributed by atoms with Crippen molar-refractivity contribution < 1.29 is 9.59 Å². The summed E-state index contributed by atoms with van der Waals surface area (Å²) in [6, 6.07) is 0. The van der Waals surface area contributed by atoms with Crippen molar-refractivity contribution in [3.05, 3.63) is 0 Å². The summed E-state index contributed by atoms with van der Waals surface area (Å²) in [5.74, 6) is 2.14. The van der Waals surface area contributed by atoms with Crippen LogP contribution in [0.1, 0.15) is 12.8 Å². The molecule has 0 aromatic carbocycles. The van der Waals surface area contributed by atoms with Gasteiger partial charge in [-0.3, -0.25) is 9.59 Å². The summed E-state index contributed by atoms with van der Waals surface area (Å²) in [4.78, 5) is 23.0. The highest BCUT2D eigenvalue weighted by Crippen LogP contribution is 2.10. The summed E-state index contributed by atoms with van der Waals surface area (Å²) < 4.78 is 0. The molecule has 4 heteroatoms. The summed E-state index contributed by atoms with van der Waals surface area (Å²) in [5.41, 5.74) is 0. The maximum Gasteiger partial charge on any atom is 0.223 e. The monoisotopic (exact) mass is 186 g/mol. The van der Waals surface area contributed by atoms with E-state index in [0.717, 1.165) is 24.6 Å². The highest BCUT2D eigenvalue weighted by Gasteiger charge is 2.15. The third-order valence-corrected chi connectivity index (χ3v) is 2.75. The van der Waals surface area contributed by atoms with Crippen LogP contribution < -0.4 is 0 Å². The molecule has 0 aromatic rings. The Hall–Kier alpha value is -0.510. The molecule has 0 bridgehead atoms. The topological polar surface area (TPSA) is 37.4 Å². The Kier molecular flexibility index (Phi) is 4.14. The molecule has 1 heterocycles.